The zero-order chi connectivity index (χ0) is 13.8. The maximum absolute atomic E-state index is 13.6. The van der Waals surface area contributed by atoms with Crippen molar-refractivity contribution in [1.82, 2.24) is 0 Å². The third-order valence-electron chi connectivity index (χ3n) is 2.56. The van der Waals surface area contributed by atoms with Crippen molar-refractivity contribution < 1.29 is 8.78 Å². The van der Waals surface area contributed by atoms with Gasteiger partial charge in [-0.25, -0.2) is 8.78 Å². The van der Waals surface area contributed by atoms with Crippen LogP contribution in [-0.2, 0) is 6.54 Å². The van der Waals surface area contributed by atoms with Crippen LogP contribution >= 0.6 is 15.9 Å². The molecule has 0 aromatic heterocycles. The van der Waals surface area contributed by atoms with Gasteiger partial charge in [0.05, 0.1) is 11.6 Å². The predicted molar refractivity (Wildman–Crippen MR) is 72.5 cm³/mol. The highest BCUT2D eigenvalue weighted by Gasteiger charge is 2.09. The summed E-state index contributed by atoms with van der Waals surface area (Å²) < 4.78 is 27.5. The molecule has 19 heavy (non-hydrogen) atoms. The van der Waals surface area contributed by atoms with E-state index in [4.69, 9.17) is 5.26 Å². The third-order valence-corrected chi connectivity index (χ3v) is 3.02. The van der Waals surface area contributed by atoms with Crippen molar-refractivity contribution in [3.63, 3.8) is 0 Å². The maximum Gasteiger partial charge on any atom is 0.150 e. The van der Waals surface area contributed by atoms with Gasteiger partial charge in [0.2, 0.25) is 0 Å². The van der Waals surface area contributed by atoms with E-state index in [1.807, 2.05) is 6.07 Å². The molecule has 1 N–H and O–H groups in total. The fourth-order valence-electron chi connectivity index (χ4n) is 1.60. The highest BCUT2D eigenvalue weighted by Crippen LogP contribution is 2.24. The molecule has 0 amide bonds. The molecule has 0 radical (unpaired) electrons. The first-order valence-electron chi connectivity index (χ1n) is 5.47. The van der Waals surface area contributed by atoms with E-state index in [0.29, 0.717) is 10.0 Å². The second-order valence-electron chi connectivity index (χ2n) is 3.91. The van der Waals surface area contributed by atoms with Gasteiger partial charge >= 0.3 is 0 Å². The molecule has 5 heteroatoms. The molecular formula is C14H9BrF2N2. The fraction of sp³-hybridized carbons (Fsp3) is 0.0714. The summed E-state index contributed by atoms with van der Waals surface area (Å²) >= 11 is 3.02. The molecule has 0 aliphatic heterocycles. The van der Waals surface area contributed by atoms with Crippen LogP contribution in [-0.4, -0.2) is 0 Å². The molecule has 0 spiro atoms. The van der Waals surface area contributed by atoms with Crippen molar-refractivity contribution in [2.24, 2.45) is 0 Å². The number of nitriles is 1. The van der Waals surface area contributed by atoms with Gasteiger partial charge < -0.3 is 5.32 Å². The van der Waals surface area contributed by atoms with E-state index in [-0.39, 0.29) is 12.2 Å². The lowest BCUT2D eigenvalue weighted by atomic mass is 10.1. The van der Waals surface area contributed by atoms with Crippen molar-refractivity contribution >= 4 is 21.6 Å². The molecule has 0 saturated heterocycles. The minimum absolute atomic E-state index is 0.160. The highest BCUT2D eigenvalue weighted by atomic mass is 79.9. The normalized spacial score (nSPS) is 10.0. The second-order valence-corrected chi connectivity index (χ2v) is 4.82. The number of rotatable bonds is 3. The number of nitrogens with zero attached hydrogens (tertiary/aromatic N) is 1. The molecule has 0 bridgehead atoms. The van der Waals surface area contributed by atoms with E-state index in [9.17, 15) is 8.78 Å². The summed E-state index contributed by atoms with van der Waals surface area (Å²) in [7, 11) is 0. The SMILES string of the molecule is N#Cc1ccc(CNc2c(F)cc(Br)cc2F)cc1. The Balaban J connectivity index is 2.12. The lowest BCUT2D eigenvalue weighted by Crippen LogP contribution is -2.04. The molecule has 2 aromatic carbocycles. The van der Waals surface area contributed by atoms with Crippen LogP contribution in [0.2, 0.25) is 0 Å². The van der Waals surface area contributed by atoms with E-state index < -0.39 is 11.6 Å². The molecule has 2 nitrogen and oxygen atoms in total. The lowest BCUT2D eigenvalue weighted by molar-refractivity contribution is 0.586. The van der Waals surface area contributed by atoms with E-state index in [1.165, 1.54) is 12.1 Å². The first-order chi connectivity index (χ1) is 9.10. The number of anilines is 1. The van der Waals surface area contributed by atoms with Crippen molar-refractivity contribution in [1.29, 1.82) is 5.26 Å². The average Bonchev–Trinajstić information content (AvgIpc) is 2.38. The van der Waals surface area contributed by atoms with Gasteiger partial charge in [0.15, 0.2) is 0 Å². The molecule has 0 fully saturated rings. The van der Waals surface area contributed by atoms with E-state index in [1.54, 1.807) is 24.3 Å². The first kappa shape index (κ1) is 13.5. The van der Waals surface area contributed by atoms with Gasteiger partial charge in [0.1, 0.15) is 17.3 Å². The number of nitrogens with one attached hydrogen (secondary N) is 1. The van der Waals surface area contributed by atoms with Crippen LogP contribution in [0.1, 0.15) is 11.1 Å². The minimum Gasteiger partial charge on any atom is -0.376 e. The molecule has 0 saturated carbocycles. The van der Waals surface area contributed by atoms with Crippen LogP contribution in [0.3, 0.4) is 0 Å². The van der Waals surface area contributed by atoms with Gasteiger partial charge in [-0.1, -0.05) is 28.1 Å². The molecule has 0 aliphatic rings. The first-order valence-corrected chi connectivity index (χ1v) is 6.27. The summed E-state index contributed by atoms with van der Waals surface area (Å²) in [4.78, 5) is 0. The average molecular weight is 323 g/mol. The quantitative estimate of drug-likeness (QED) is 0.918. The van der Waals surface area contributed by atoms with Crippen LogP contribution in [0.4, 0.5) is 14.5 Å². The Hall–Kier alpha value is -1.93. The smallest absolute Gasteiger partial charge is 0.150 e. The summed E-state index contributed by atoms with van der Waals surface area (Å²) in [5.41, 5.74) is 1.22. The second kappa shape index (κ2) is 5.81. The van der Waals surface area contributed by atoms with Crippen LogP contribution in [0, 0.1) is 23.0 Å². The molecule has 2 aromatic rings. The minimum atomic E-state index is -0.652. The van der Waals surface area contributed by atoms with Crippen LogP contribution in [0.5, 0.6) is 0 Å². The third kappa shape index (κ3) is 3.30. The van der Waals surface area contributed by atoms with Crippen molar-refractivity contribution in [2.75, 3.05) is 5.32 Å². The summed E-state index contributed by atoms with van der Waals surface area (Å²) in [6.07, 6.45) is 0. The standard InChI is InChI=1S/C14H9BrF2N2/c15-11-5-12(16)14(13(17)6-11)19-8-10-3-1-9(7-18)2-4-10/h1-6,19H,8H2. The van der Waals surface area contributed by atoms with Gasteiger partial charge in [0.25, 0.3) is 0 Å². The monoisotopic (exact) mass is 322 g/mol. The Morgan fingerprint density at radius 2 is 1.68 bits per heavy atom. The number of hydrogen-bond acceptors (Lipinski definition) is 2. The predicted octanol–water partition coefficient (Wildman–Crippen LogP) is 4.21. The van der Waals surface area contributed by atoms with Gasteiger partial charge in [0, 0.05) is 11.0 Å². The van der Waals surface area contributed by atoms with Crippen LogP contribution in [0.15, 0.2) is 40.9 Å². The van der Waals surface area contributed by atoms with Crippen LogP contribution in [0.25, 0.3) is 0 Å². The zero-order valence-corrected chi connectivity index (χ0v) is 11.3. The Kier molecular flexibility index (Phi) is 4.13. The van der Waals surface area contributed by atoms with Crippen molar-refractivity contribution in [3.8, 4) is 6.07 Å². The topological polar surface area (TPSA) is 35.8 Å². The number of halogens is 3. The largest absolute Gasteiger partial charge is 0.376 e. The van der Waals surface area contributed by atoms with Gasteiger partial charge in [-0.15, -0.1) is 0 Å². The Morgan fingerprint density at radius 3 is 2.21 bits per heavy atom. The number of benzene rings is 2. The number of hydrogen-bond donors (Lipinski definition) is 1. The molecule has 0 aliphatic carbocycles. The van der Waals surface area contributed by atoms with E-state index in [2.05, 4.69) is 21.2 Å². The Bertz CT molecular complexity index is 610. The Labute approximate surface area is 117 Å². The van der Waals surface area contributed by atoms with Crippen molar-refractivity contribution in [3.05, 3.63) is 63.6 Å². The molecule has 2 rings (SSSR count). The molecule has 0 unspecified atom stereocenters. The summed E-state index contributed by atoms with van der Waals surface area (Å²) in [5.74, 6) is -1.30. The van der Waals surface area contributed by atoms with Crippen molar-refractivity contribution in [2.45, 2.75) is 6.54 Å². The van der Waals surface area contributed by atoms with E-state index in [0.717, 1.165) is 5.56 Å². The lowest BCUT2D eigenvalue weighted by Gasteiger charge is -2.09. The molecular weight excluding hydrogens is 314 g/mol. The summed E-state index contributed by atoms with van der Waals surface area (Å²) in [6, 6.07) is 11.2. The maximum atomic E-state index is 13.6. The molecule has 0 heterocycles. The van der Waals surface area contributed by atoms with Crippen LogP contribution < -0.4 is 5.32 Å². The van der Waals surface area contributed by atoms with Gasteiger partial charge in [-0.05, 0) is 29.8 Å². The van der Waals surface area contributed by atoms with Gasteiger partial charge in [-0.3, -0.25) is 0 Å². The molecule has 0 atom stereocenters. The molecule has 96 valence electrons. The fourth-order valence-corrected chi connectivity index (χ4v) is 2.00. The zero-order valence-electron chi connectivity index (χ0n) is 9.75. The van der Waals surface area contributed by atoms with Gasteiger partial charge in [-0.2, -0.15) is 5.26 Å². The highest BCUT2D eigenvalue weighted by molar-refractivity contribution is 9.10. The summed E-state index contributed by atoms with van der Waals surface area (Å²) in [5, 5.41) is 11.4. The summed E-state index contributed by atoms with van der Waals surface area (Å²) in [6.45, 7) is 0.279. The van der Waals surface area contributed by atoms with E-state index >= 15 is 0 Å². The Morgan fingerprint density at radius 1 is 1.11 bits per heavy atom.